The zero-order valence-corrected chi connectivity index (χ0v) is 15.7. The van der Waals surface area contributed by atoms with Gasteiger partial charge in [-0.25, -0.2) is 0 Å². The zero-order chi connectivity index (χ0) is 16.9. The van der Waals surface area contributed by atoms with Crippen LogP contribution in [0.2, 0.25) is 10.0 Å². The first-order valence-corrected chi connectivity index (χ1v) is 9.85. The summed E-state index contributed by atoms with van der Waals surface area (Å²) in [6.45, 7) is 4.42. The van der Waals surface area contributed by atoms with Gasteiger partial charge in [-0.2, -0.15) is 0 Å². The van der Waals surface area contributed by atoms with Gasteiger partial charge in [0.15, 0.2) is 0 Å². The molecule has 0 aromatic heterocycles. The van der Waals surface area contributed by atoms with Crippen molar-refractivity contribution in [3.8, 4) is 0 Å². The van der Waals surface area contributed by atoms with Crippen LogP contribution in [0.5, 0.6) is 0 Å². The second-order valence-corrected chi connectivity index (χ2v) is 7.83. The molecule has 1 aromatic carbocycles. The number of rotatable bonds is 3. The SMILES string of the molecule is O=C([C@@H]1CCCN(Cc2c(Cl)cccc2Cl)C1)N1CCCCCC1. The summed E-state index contributed by atoms with van der Waals surface area (Å²) in [5.74, 6) is 0.477. The number of carbonyl (C=O) groups is 1. The molecule has 0 bridgehead atoms. The number of benzene rings is 1. The monoisotopic (exact) mass is 368 g/mol. The van der Waals surface area contributed by atoms with Crippen molar-refractivity contribution in [1.29, 1.82) is 0 Å². The van der Waals surface area contributed by atoms with E-state index in [4.69, 9.17) is 23.2 Å². The third-order valence-electron chi connectivity index (χ3n) is 5.22. The number of amides is 1. The lowest BCUT2D eigenvalue weighted by Crippen LogP contribution is -2.44. The fourth-order valence-corrected chi connectivity index (χ4v) is 4.37. The molecule has 0 saturated carbocycles. The molecule has 0 radical (unpaired) electrons. The summed E-state index contributed by atoms with van der Waals surface area (Å²) >= 11 is 12.6. The zero-order valence-electron chi connectivity index (χ0n) is 14.1. The van der Waals surface area contributed by atoms with Gasteiger partial charge in [-0.3, -0.25) is 9.69 Å². The van der Waals surface area contributed by atoms with Crippen LogP contribution in [0.1, 0.15) is 44.1 Å². The first-order chi connectivity index (χ1) is 11.6. The van der Waals surface area contributed by atoms with E-state index in [9.17, 15) is 4.79 Å². The van der Waals surface area contributed by atoms with Crippen molar-refractivity contribution in [2.24, 2.45) is 5.92 Å². The van der Waals surface area contributed by atoms with Crippen molar-refractivity contribution in [3.05, 3.63) is 33.8 Å². The molecule has 0 N–H and O–H groups in total. The molecule has 132 valence electrons. The Bertz CT molecular complexity index is 550. The minimum Gasteiger partial charge on any atom is -0.342 e. The number of nitrogens with zero attached hydrogens (tertiary/aromatic N) is 2. The smallest absolute Gasteiger partial charge is 0.226 e. The van der Waals surface area contributed by atoms with Crippen LogP contribution in [0.3, 0.4) is 0 Å². The molecule has 3 rings (SSSR count). The summed E-state index contributed by atoms with van der Waals surface area (Å²) in [5.41, 5.74) is 0.976. The average Bonchev–Trinajstić information content (AvgIpc) is 2.87. The van der Waals surface area contributed by atoms with Gasteiger partial charge in [0.1, 0.15) is 0 Å². The summed E-state index contributed by atoms with van der Waals surface area (Å²) < 4.78 is 0. The summed E-state index contributed by atoms with van der Waals surface area (Å²) in [7, 11) is 0. The van der Waals surface area contributed by atoms with Crippen molar-refractivity contribution in [2.45, 2.75) is 45.1 Å². The molecule has 2 heterocycles. The molecule has 1 aromatic rings. The Morgan fingerprint density at radius 1 is 1.00 bits per heavy atom. The topological polar surface area (TPSA) is 23.6 Å². The Morgan fingerprint density at radius 2 is 1.67 bits per heavy atom. The molecule has 2 aliphatic rings. The Morgan fingerprint density at radius 3 is 2.33 bits per heavy atom. The van der Waals surface area contributed by atoms with Crippen molar-refractivity contribution in [1.82, 2.24) is 9.80 Å². The van der Waals surface area contributed by atoms with Crippen LogP contribution >= 0.6 is 23.2 Å². The second-order valence-electron chi connectivity index (χ2n) is 7.01. The van der Waals surface area contributed by atoms with E-state index < -0.39 is 0 Å². The number of likely N-dealkylation sites (tertiary alicyclic amines) is 2. The molecule has 0 spiro atoms. The van der Waals surface area contributed by atoms with Gasteiger partial charge in [-0.1, -0.05) is 42.1 Å². The van der Waals surface area contributed by atoms with Crippen molar-refractivity contribution in [2.75, 3.05) is 26.2 Å². The molecular formula is C19H26Cl2N2O. The molecule has 0 aliphatic carbocycles. The maximum atomic E-state index is 12.9. The summed E-state index contributed by atoms with van der Waals surface area (Å²) in [6, 6.07) is 5.63. The maximum absolute atomic E-state index is 12.9. The Balaban J connectivity index is 1.62. The predicted molar refractivity (Wildman–Crippen MR) is 99.5 cm³/mol. The van der Waals surface area contributed by atoms with Crippen LogP contribution in [-0.2, 0) is 11.3 Å². The molecule has 1 amide bonds. The van der Waals surface area contributed by atoms with E-state index in [0.29, 0.717) is 16.0 Å². The highest BCUT2D eigenvalue weighted by molar-refractivity contribution is 6.35. The molecule has 3 nitrogen and oxygen atoms in total. The van der Waals surface area contributed by atoms with Crippen LogP contribution in [0.25, 0.3) is 0 Å². The normalized spacial score (nSPS) is 23.1. The lowest BCUT2D eigenvalue weighted by atomic mass is 9.96. The van der Waals surface area contributed by atoms with E-state index in [1.807, 2.05) is 18.2 Å². The maximum Gasteiger partial charge on any atom is 0.226 e. The molecule has 2 aliphatic heterocycles. The largest absolute Gasteiger partial charge is 0.342 e. The van der Waals surface area contributed by atoms with Gasteiger partial charge in [0, 0.05) is 41.8 Å². The van der Waals surface area contributed by atoms with Gasteiger partial charge in [0.25, 0.3) is 0 Å². The number of halogens is 2. The predicted octanol–water partition coefficient (Wildman–Crippen LogP) is 4.61. The highest BCUT2D eigenvalue weighted by atomic mass is 35.5. The van der Waals surface area contributed by atoms with Crippen molar-refractivity contribution >= 4 is 29.1 Å². The van der Waals surface area contributed by atoms with Gasteiger partial charge in [-0.15, -0.1) is 0 Å². The van der Waals surface area contributed by atoms with E-state index in [1.54, 1.807) is 0 Å². The Hall–Kier alpha value is -0.770. The van der Waals surface area contributed by atoms with Crippen LogP contribution in [0.15, 0.2) is 18.2 Å². The standard InChI is InChI=1S/C19H26Cl2N2O/c20-17-8-5-9-18(21)16(17)14-22-10-6-7-15(13-22)19(24)23-11-3-1-2-4-12-23/h5,8-9,15H,1-4,6-7,10-14H2/t15-/m1/s1. The number of piperidine rings is 1. The molecular weight excluding hydrogens is 343 g/mol. The van der Waals surface area contributed by atoms with Gasteiger partial charge in [-0.05, 0) is 44.4 Å². The highest BCUT2D eigenvalue weighted by Crippen LogP contribution is 2.28. The van der Waals surface area contributed by atoms with Gasteiger partial charge in [0.2, 0.25) is 5.91 Å². The van der Waals surface area contributed by atoms with Crippen LogP contribution < -0.4 is 0 Å². The van der Waals surface area contributed by atoms with Crippen LogP contribution in [0.4, 0.5) is 0 Å². The molecule has 2 fully saturated rings. The summed E-state index contributed by atoms with van der Waals surface area (Å²) in [6.07, 6.45) is 6.88. The molecule has 1 atom stereocenters. The fourth-order valence-electron chi connectivity index (χ4n) is 3.86. The fraction of sp³-hybridized carbons (Fsp3) is 0.632. The Labute approximate surface area is 154 Å². The number of hydrogen-bond acceptors (Lipinski definition) is 2. The quantitative estimate of drug-likeness (QED) is 0.777. The minimum absolute atomic E-state index is 0.123. The second kappa shape index (κ2) is 8.55. The van der Waals surface area contributed by atoms with E-state index in [-0.39, 0.29) is 5.92 Å². The third kappa shape index (κ3) is 4.44. The highest BCUT2D eigenvalue weighted by Gasteiger charge is 2.29. The van der Waals surface area contributed by atoms with Crippen molar-refractivity contribution in [3.63, 3.8) is 0 Å². The van der Waals surface area contributed by atoms with Crippen LogP contribution in [0, 0.1) is 5.92 Å². The number of carbonyl (C=O) groups excluding carboxylic acids is 1. The Kier molecular flexibility index (Phi) is 6.43. The van der Waals surface area contributed by atoms with Gasteiger partial charge in [0.05, 0.1) is 5.92 Å². The average molecular weight is 369 g/mol. The lowest BCUT2D eigenvalue weighted by molar-refractivity contribution is -0.137. The molecule has 0 unspecified atom stereocenters. The molecule has 24 heavy (non-hydrogen) atoms. The molecule has 2 saturated heterocycles. The van der Waals surface area contributed by atoms with E-state index >= 15 is 0 Å². The van der Waals surface area contributed by atoms with Crippen molar-refractivity contribution < 1.29 is 4.79 Å². The van der Waals surface area contributed by atoms with Gasteiger partial charge < -0.3 is 4.90 Å². The van der Waals surface area contributed by atoms with E-state index in [2.05, 4.69) is 9.80 Å². The third-order valence-corrected chi connectivity index (χ3v) is 5.92. The van der Waals surface area contributed by atoms with Crippen LogP contribution in [-0.4, -0.2) is 41.9 Å². The summed E-state index contributed by atoms with van der Waals surface area (Å²) in [4.78, 5) is 17.3. The summed E-state index contributed by atoms with van der Waals surface area (Å²) in [5, 5.41) is 1.42. The lowest BCUT2D eigenvalue weighted by Gasteiger charge is -2.35. The van der Waals surface area contributed by atoms with E-state index in [0.717, 1.165) is 64.0 Å². The minimum atomic E-state index is 0.123. The first-order valence-electron chi connectivity index (χ1n) is 9.09. The van der Waals surface area contributed by atoms with E-state index in [1.165, 1.54) is 12.8 Å². The van der Waals surface area contributed by atoms with Gasteiger partial charge >= 0.3 is 0 Å². The molecule has 5 heteroatoms. The first kappa shape index (κ1) is 18.0. The number of hydrogen-bond donors (Lipinski definition) is 0.